The summed E-state index contributed by atoms with van der Waals surface area (Å²) in [6.07, 6.45) is 10.4. The van der Waals surface area contributed by atoms with Crippen molar-refractivity contribution in [3.8, 4) is 10.7 Å². The number of amides is 1. The van der Waals surface area contributed by atoms with Gasteiger partial charge in [0.05, 0.1) is 15.7 Å². The molecule has 1 amide bonds. The minimum atomic E-state index is -3.71. The Labute approximate surface area is 205 Å². The predicted molar refractivity (Wildman–Crippen MR) is 130 cm³/mol. The molecule has 0 radical (unpaired) electrons. The van der Waals surface area contributed by atoms with Crippen molar-refractivity contribution in [2.24, 2.45) is 5.92 Å². The van der Waals surface area contributed by atoms with Crippen molar-refractivity contribution in [2.75, 3.05) is 20.1 Å². The van der Waals surface area contributed by atoms with Crippen LogP contribution in [0.15, 0.2) is 15.5 Å². The van der Waals surface area contributed by atoms with Crippen molar-refractivity contribution in [2.45, 2.75) is 88.0 Å². The van der Waals surface area contributed by atoms with Gasteiger partial charge in [-0.3, -0.25) is 4.79 Å². The second-order valence-electron chi connectivity index (χ2n) is 10.1. The van der Waals surface area contributed by atoms with Crippen molar-refractivity contribution < 1.29 is 17.7 Å². The van der Waals surface area contributed by atoms with Gasteiger partial charge in [-0.2, -0.15) is 9.29 Å². The lowest BCUT2D eigenvalue weighted by Crippen LogP contribution is -2.48. The molecule has 186 valence electrons. The van der Waals surface area contributed by atoms with Crippen LogP contribution in [-0.2, 0) is 14.8 Å². The SMILES string of the molecule is Cc1sc(-c2noc(C3CCC3)n2)cc1S(=O)(=O)N1CCC[C@@H](C(=O)N(C)C2CCCCC2)C1. The monoisotopic (exact) mass is 506 g/mol. The molecule has 3 heterocycles. The number of carbonyl (C=O) groups excluding carboxylic acids is 1. The topological polar surface area (TPSA) is 96.6 Å². The van der Waals surface area contributed by atoms with Gasteiger partial charge in [-0.15, -0.1) is 11.3 Å². The second kappa shape index (κ2) is 9.70. The first-order valence-corrected chi connectivity index (χ1v) is 14.8. The maximum absolute atomic E-state index is 13.6. The molecular formula is C24H34N4O4S2. The first-order chi connectivity index (χ1) is 16.3. The Hall–Kier alpha value is -1.78. The lowest BCUT2D eigenvalue weighted by molar-refractivity contribution is -0.138. The molecule has 1 saturated heterocycles. The molecule has 5 rings (SSSR count). The van der Waals surface area contributed by atoms with Crippen LogP contribution in [0.3, 0.4) is 0 Å². The smallest absolute Gasteiger partial charge is 0.244 e. The van der Waals surface area contributed by atoms with E-state index in [0.29, 0.717) is 40.4 Å². The summed E-state index contributed by atoms with van der Waals surface area (Å²) in [6, 6.07) is 1.96. The number of thiophene rings is 1. The maximum atomic E-state index is 13.6. The number of aryl methyl sites for hydroxylation is 1. The Bertz CT molecular complexity index is 1130. The van der Waals surface area contributed by atoms with Gasteiger partial charge in [-0.05, 0) is 51.5 Å². The van der Waals surface area contributed by atoms with Gasteiger partial charge in [0.1, 0.15) is 0 Å². The first-order valence-electron chi connectivity index (χ1n) is 12.6. The van der Waals surface area contributed by atoms with Gasteiger partial charge in [0, 0.05) is 37.0 Å². The Kier molecular flexibility index (Phi) is 6.83. The summed E-state index contributed by atoms with van der Waals surface area (Å²) in [5.74, 6) is 1.24. The molecule has 0 bridgehead atoms. The standard InChI is InChI=1S/C24H34N4O4S2/c1-16-21(14-20(33-16)22-25-23(32-26-22)17-8-6-9-17)34(30,31)28-13-7-10-18(15-28)24(29)27(2)19-11-4-3-5-12-19/h14,17-19H,3-13,15H2,1-2H3/t18-/m1/s1. The van der Waals surface area contributed by atoms with E-state index in [2.05, 4.69) is 10.1 Å². The summed E-state index contributed by atoms with van der Waals surface area (Å²) < 4.78 is 34.1. The van der Waals surface area contributed by atoms with Gasteiger partial charge >= 0.3 is 0 Å². The molecule has 2 aromatic rings. The normalized spacial score (nSPS) is 23.1. The van der Waals surface area contributed by atoms with E-state index in [1.165, 1.54) is 28.5 Å². The van der Waals surface area contributed by atoms with Crippen LogP contribution in [0.2, 0.25) is 0 Å². The van der Waals surface area contributed by atoms with E-state index in [1.807, 2.05) is 18.9 Å². The fraction of sp³-hybridized carbons (Fsp3) is 0.708. The van der Waals surface area contributed by atoms with E-state index in [1.54, 1.807) is 6.07 Å². The van der Waals surface area contributed by atoms with E-state index in [4.69, 9.17) is 4.52 Å². The highest BCUT2D eigenvalue weighted by molar-refractivity contribution is 7.89. The molecule has 2 saturated carbocycles. The van der Waals surface area contributed by atoms with Gasteiger partial charge in [0.2, 0.25) is 27.6 Å². The molecule has 1 aliphatic heterocycles. The molecule has 3 fully saturated rings. The molecule has 10 heteroatoms. The highest BCUT2D eigenvalue weighted by Gasteiger charge is 2.37. The quantitative estimate of drug-likeness (QED) is 0.570. The summed E-state index contributed by atoms with van der Waals surface area (Å²) >= 11 is 1.37. The van der Waals surface area contributed by atoms with E-state index < -0.39 is 10.0 Å². The molecule has 3 aliphatic rings. The highest BCUT2D eigenvalue weighted by atomic mass is 32.2. The number of piperidine rings is 1. The molecule has 34 heavy (non-hydrogen) atoms. The highest BCUT2D eigenvalue weighted by Crippen LogP contribution is 2.38. The summed E-state index contributed by atoms with van der Waals surface area (Å²) in [5.41, 5.74) is 0. The maximum Gasteiger partial charge on any atom is 0.244 e. The third kappa shape index (κ3) is 4.56. The number of nitrogens with zero attached hydrogens (tertiary/aromatic N) is 4. The van der Waals surface area contributed by atoms with Crippen LogP contribution in [0.5, 0.6) is 0 Å². The van der Waals surface area contributed by atoms with Crippen molar-refractivity contribution in [1.29, 1.82) is 0 Å². The third-order valence-electron chi connectivity index (χ3n) is 7.81. The van der Waals surface area contributed by atoms with E-state index in [9.17, 15) is 13.2 Å². The average molecular weight is 507 g/mol. The fourth-order valence-electron chi connectivity index (χ4n) is 5.43. The largest absolute Gasteiger partial charge is 0.342 e. The molecule has 8 nitrogen and oxygen atoms in total. The first kappa shape index (κ1) is 23.9. The Morgan fingerprint density at radius 3 is 2.59 bits per heavy atom. The van der Waals surface area contributed by atoms with Crippen LogP contribution >= 0.6 is 11.3 Å². The molecule has 0 aromatic carbocycles. The van der Waals surface area contributed by atoms with Gasteiger partial charge in [0.25, 0.3) is 0 Å². The van der Waals surface area contributed by atoms with Crippen LogP contribution in [0, 0.1) is 12.8 Å². The molecule has 2 aliphatic carbocycles. The number of sulfonamides is 1. The fourth-order valence-corrected chi connectivity index (χ4v) is 8.44. The number of hydrogen-bond acceptors (Lipinski definition) is 7. The zero-order valence-corrected chi connectivity index (χ0v) is 21.7. The zero-order valence-electron chi connectivity index (χ0n) is 20.0. The molecule has 1 atom stereocenters. The van der Waals surface area contributed by atoms with E-state index in [-0.39, 0.29) is 29.3 Å². The molecule has 2 aromatic heterocycles. The minimum absolute atomic E-state index is 0.0878. The molecule has 0 unspecified atom stereocenters. The van der Waals surface area contributed by atoms with E-state index >= 15 is 0 Å². The van der Waals surface area contributed by atoms with Gasteiger partial charge in [0.15, 0.2) is 0 Å². The third-order valence-corrected chi connectivity index (χ3v) is 11.0. The van der Waals surface area contributed by atoms with Crippen molar-refractivity contribution >= 4 is 27.3 Å². The Morgan fingerprint density at radius 2 is 1.88 bits per heavy atom. The van der Waals surface area contributed by atoms with E-state index in [0.717, 1.165) is 44.9 Å². The number of carbonyl (C=O) groups is 1. The predicted octanol–water partition coefficient (Wildman–Crippen LogP) is 4.57. The van der Waals surface area contributed by atoms with Crippen LogP contribution in [0.25, 0.3) is 10.7 Å². The summed E-state index contributed by atoms with van der Waals surface area (Å²) in [7, 11) is -1.82. The van der Waals surface area contributed by atoms with Crippen molar-refractivity contribution in [3.63, 3.8) is 0 Å². The zero-order chi connectivity index (χ0) is 23.9. The average Bonchev–Trinajstić information content (AvgIpc) is 3.45. The number of hydrogen-bond donors (Lipinski definition) is 0. The number of rotatable bonds is 6. The molecule has 0 spiro atoms. The Morgan fingerprint density at radius 1 is 1.12 bits per heavy atom. The summed E-state index contributed by atoms with van der Waals surface area (Å²) in [5, 5.41) is 4.10. The summed E-state index contributed by atoms with van der Waals surface area (Å²) in [6.45, 7) is 2.51. The number of aromatic nitrogens is 2. The summed E-state index contributed by atoms with van der Waals surface area (Å²) in [4.78, 5) is 21.3. The molecular weight excluding hydrogens is 472 g/mol. The molecule has 0 N–H and O–H groups in total. The van der Waals surface area contributed by atoms with Gasteiger partial charge < -0.3 is 9.42 Å². The van der Waals surface area contributed by atoms with Crippen LogP contribution < -0.4 is 0 Å². The lowest BCUT2D eigenvalue weighted by atomic mass is 9.85. The van der Waals surface area contributed by atoms with Crippen molar-refractivity contribution in [1.82, 2.24) is 19.3 Å². The van der Waals surface area contributed by atoms with Gasteiger partial charge in [-0.25, -0.2) is 8.42 Å². The van der Waals surface area contributed by atoms with Gasteiger partial charge in [-0.1, -0.05) is 30.8 Å². The van der Waals surface area contributed by atoms with Crippen molar-refractivity contribution in [3.05, 3.63) is 16.8 Å². The van der Waals surface area contributed by atoms with Crippen LogP contribution in [0.1, 0.15) is 80.9 Å². The minimum Gasteiger partial charge on any atom is -0.342 e. The lowest BCUT2D eigenvalue weighted by Gasteiger charge is -2.37. The van der Waals surface area contributed by atoms with Crippen LogP contribution in [0.4, 0.5) is 0 Å². The second-order valence-corrected chi connectivity index (χ2v) is 13.2. The van der Waals surface area contributed by atoms with Crippen LogP contribution in [-0.4, -0.2) is 59.8 Å². The Balaban J connectivity index is 1.31.